The van der Waals surface area contributed by atoms with Gasteiger partial charge in [-0.15, -0.1) is 5.10 Å². The maximum absolute atomic E-state index is 9.59. The highest BCUT2D eigenvalue weighted by Crippen LogP contribution is 2.09. The lowest BCUT2D eigenvalue weighted by Crippen LogP contribution is -2.46. The van der Waals surface area contributed by atoms with E-state index in [1.807, 2.05) is 0 Å². The van der Waals surface area contributed by atoms with Gasteiger partial charge in [0, 0.05) is 6.61 Å². The Balaban J connectivity index is 2.33. The Morgan fingerprint density at radius 3 is 2.43 bits per heavy atom. The van der Waals surface area contributed by atoms with E-state index in [1.165, 1.54) is 10.9 Å². The normalized spacial score (nSPS) is 17.4. The molecule has 0 spiro atoms. The first-order valence-corrected chi connectivity index (χ1v) is 6.44. The molecule has 0 fully saturated rings. The highest BCUT2D eigenvalue weighted by molar-refractivity contribution is 4.88. The minimum absolute atomic E-state index is 0.0325. The van der Waals surface area contributed by atoms with E-state index in [1.54, 1.807) is 0 Å². The van der Waals surface area contributed by atoms with Gasteiger partial charge in [0.25, 0.3) is 0 Å². The van der Waals surface area contributed by atoms with Gasteiger partial charge in [-0.2, -0.15) is 0 Å². The van der Waals surface area contributed by atoms with E-state index in [0.29, 0.717) is 5.69 Å². The molecule has 1 heterocycles. The minimum atomic E-state index is -1.71. The van der Waals surface area contributed by atoms with Crippen molar-refractivity contribution in [3.63, 3.8) is 0 Å². The second kappa shape index (κ2) is 9.00. The molecule has 6 N–H and O–H groups in total. The Hall–Kier alpha value is -1.14. The summed E-state index contributed by atoms with van der Waals surface area (Å²) in [5.41, 5.74) is 0.387. The average Bonchev–Trinajstić information content (AvgIpc) is 2.93. The second-order valence-corrected chi connectivity index (χ2v) is 4.45. The van der Waals surface area contributed by atoms with Crippen LogP contribution in [-0.2, 0) is 17.9 Å². The molecule has 1 aromatic rings. The summed E-state index contributed by atoms with van der Waals surface area (Å²) in [6.07, 6.45) is -5.06. The maximum Gasteiger partial charge on any atom is 0.183 e. The summed E-state index contributed by atoms with van der Waals surface area (Å²) in [4.78, 5) is 0. The van der Waals surface area contributed by atoms with E-state index < -0.39 is 24.6 Å². The third-order valence-corrected chi connectivity index (χ3v) is 2.82. The highest BCUT2D eigenvalue weighted by Gasteiger charge is 2.30. The van der Waals surface area contributed by atoms with Crippen molar-refractivity contribution in [3.8, 4) is 0 Å². The van der Waals surface area contributed by atoms with Crippen LogP contribution in [0.3, 0.4) is 0 Å². The highest BCUT2D eigenvalue weighted by atomic mass is 16.6. The van der Waals surface area contributed by atoms with Gasteiger partial charge >= 0.3 is 0 Å². The molecule has 4 atom stereocenters. The van der Waals surface area contributed by atoms with Crippen molar-refractivity contribution in [2.75, 3.05) is 13.2 Å². The van der Waals surface area contributed by atoms with Crippen LogP contribution in [0.15, 0.2) is 6.20 Å². The van der Waals surface area contributed by atoms with E-state index >= 15 is 0 Å². The molecule has 0 aliphatic heterocycles. The van der Waals surface area contributed by atoms with Crippen LogP contribution in [0.4, 0.5) is 0 Å². The topological polar surface area (TPSA) is 161 Å². The average molecular weight is 307 g/mol. The molecular weight excluding hydrogens is 286 g/mol. The molecule has 10 heteroatoms. The van der Waals surface area contributed by atoms with E-state index in [-0.39, 0.29) is 32.8 Å². The van der Waals surface area contributed by atoms with Gasteiger partial charge < -0.3 is 35.4 Å². The largest absolute Gasteiger partial charge is 0.396 e. The molecule has 0 saturated heterocycles. The quantitative estimate of drug-likeness (QED) is 0.242. The van der Waals surface area contributed by atoms with Crippen molar-refractivity contribution in [1.29, 1.82) is 0 Å². The summed E-state index contributed by atoms with van der Waals surface area (Å²) in [5.74, 6) is 0. The van der Waals surface area contributed by atoms with E-state index in [2.05, 4.69) is 10.3 Å². The molecule has 0 amide bonds. The van der Waals surface area contributed by atoms with Crippen molar-refractivity contribution in [2.24, 2.45) is 0 Å². The molecular formula is C11H21N3O7. The summed E-state index contributed by atoms with van der Waals surface area (Å²) >= 11 is 0. The van der Waals surface area contributed by atoms with Crippen LogP contribution < -0.4 is 0 Å². The number of aromatic nitrogens is 3. The van der Waals surface area contributed by atoms with Gasteiger partial charge in [0.2, 0.25) is 0 Å². The molecule has 21 heavy (non-hydrogen) atoms. The van der Waals surface area contributed by atoms with Crippen LogP contribution >= 0.6 is 0 Å². The Labute approximate surface area is 120 Å². The lowest BCUT2D eigenvalue weighted by molar-refractivity contribution is -0.203. The van der Waals surface area contributed by atoms with E-state index in [0.717, 1.165) is 0 Å². The number of rotatable bonds is 10. The molecule has 1 aromatic heterocycles. The number of aliphatic hydroxyl groups excluding tert-OH is 6. The zero-order chi connectivity index (χ0) is 15.8. The molecule has 10 nitrogen and oxygen atoms in total. The van der Waals surface area contributed by atoms with Crippen molar-refractivity contribution < 1.29 is 35.4 Å². The summed E-state index contributed by atoms with van der Waals surface area (Å²) in [6.45, 7) is -0.417. The van der Waals surface area contributed by atoms with Gasteiger partial charge in [-0.25, -0.2) is 4.68 Å². The van der Waals surface area contributed by atoms with E-state index in [9.17, 15) is 20.4 Å². The third kappa shape index (κ3) is 5.63. The van der Waals surface area contributed by atoms with Gasteiger partial charge in [0.05, 0.1) is 32.1 Å². The van der Waals surface area contributed by atoms with Crippen molar-refractivity contribution >= 4 is 0 Å². The molecule has 1 rings (SSSR count). The van der Waals surface area contributed by atoms with Crippen LogP contribution in [0.25, 0.3) is 0 Å². The predicted octanol–water partition coefficient (Wildman–Crippen LogP) is -3.43. The fourth-order valence-corrected chi connectivity index (χ4v) is 1.59. The van der Waals surface area contributed by atoms with Crippen molar-refractivity contribution in [3.05, 3.63) is 11.9 Å². The van der Waals surface area contributed by atoms with Gasteiger partial charge in [-0.3, -0.25) is 0 Å². The molecule has 0 aliphatic rings. The van der Waals surface area contributed by atoms with Gasteiger partial charge in [-0.05, 0) is 6.42 Å². The zero-order valence-electron chi connectivity index (χ0n) is 11.4. The Bertz CT molecular complexity index is 403. The third-order valence-electron chi connectivity index (χ3n) is 2.82. The Kier molecular flexibility index (Phi) is 7.67. The van der Waals surface area contributed by atoms with Gasteiger partial charge in [0.15, 0.2) is 6.29 Å². The van der Waals surface area contributed by atoms with Crippen LogP contribution in [0.2, 0.25) is 0 Å². The lowest BCUT2D eigenvalue weighted by Gasteiger charge is -2.26. The fourth-order valence-electron chi connectivity index (χ4n) is 1.59. The Morgan fingerprint density at radius 2 is 1.86 bits per heavy atom. The summed E-state index contributed by atoms with van der Waals surface area (Å²) in [7, 11) is 0. The first-order chi connectivity index (χ1) is 9.99. The SMILES string of the molecule is OCC[C@@H](O)C(O)[C@@H](O)[C@@H](O)OCCn1cc(CO)nn1. The molecule has 0 saturated carbocycles. The predicted molar refractivity (Wildman–Crippen MR) is 67.6 cm³/mol. The van der Waals surface area contributed by atoms with Crippen LogP contribution in [0, 0.1) is 0 Å². The maximum atomic E-state index is 9.59. The second-order valence-electron chi connectivity index (χ2n) is 4.45. The number of hydrogen-bond acceptors (Lipinski definition) is 9. The van der Waals surface area contributed by atoms with Crippen molar-refractivity contribution in [2.45, 2.75) is 44.2 Å². The zero-order valence-corrected chi connectivity index (χ0v) is 11.4. The van der Waals surface area contributed by atoms with Crippen LogP contribution in [0.1, 0.15) is 12.1 Å². The molecule has 0 bridgehead atoms. The van der Waals surface area contributed by atoms with Gasteiger partial charge in [-0.1, -0.05) is 5.21 Å². The molecule has 0 aliphatic carbocycles. The summed E-state index contributed by atoms with van der Waals surface area (Å²) < 4.78 is 6.30. The monoisotopic (exact) mass is 307 g/mol. The van der Waals surface area contributed by atoms with Crippen LogP contribution in [-0.4, -0.2) is 83.4 Å². The Morgan fingerprint density at radius 1 is 1.14 bits per heavy atom. The fraction of sp³-hybridized carbons (Fsp3) is 0.818. The smallest absolute Gasteiger partial charge is 0.183 e. The standard InChI is InChI=1S/C11H21N3O7/c15-3-1-8(17)9(18)10(19)11(20)21-4-2-14-5-7(6-16)12-13-14/h5,8-11,15-20H,1-4,6H2/t8-,9?,10-,11+/m1/s1. The number of ether oxygens (including phenoxy) is 1. The molecule has 122 valence electrons. The summed E-state index contributed by atoms with van der Waals surface area (Å²) in [6, 6.07) is 0. The molecule has 0 aromatic carbocycles. The number of aliphatic hydroxyl groups is 6. The van der Waals surface area contributed by atoms with Crippen molar-refractivity contribution in [1.82, 2.24) is 15.0 Å². The van der Waals surface area contributed by atoms with Crippen LogP contribution in [0.5, 0.6) is 0 Å². The van der Waals surface area contributed by atoms with E-state index in [4.69, 9.17) is 14.9 Å². The summed E-state index contributed by atoms with van der Waals surface area (Å²) in [5, 5.41) is 62.8. The molecule has 0 radical (unpaired) electrons. The number of nitrogens with zero attached hydrogens (tertiary/aromatic N) is 3. The first-order valence-electron chi connectivity index (χ1n) is 6.44. The first kappa shape index (κ1) is 17.9. The minimum Gasteiger partial charge on any atom is -0.396 e. The number of hydrogen-bond donors (Lipinski definition) is 6. The van der Waals surface area contributed by atoms with Gasteiger partial charge in [0.1, 0.15) is 17.9 Å². The molecule has 1 unspecified atom stereocenters. The lowest BCUT2D eigenvalue weighted by atomic mass is 10.1.